The third-order valence-electron chi connectivity index (χ3n) is 4.69. The molecule has 5 nitrogen and oxygen atoms in total. The molecule has 0 spiro atoms. The molecule has 29 heavy (non-hydrogen) atoms. The minimum Gasteiger partial charge on any atom is -0.487 e. The smallest absolute Gasteiger partial charge is 0.251 e. The van der Waals surface area contributed by atoms with E-state index in [0.29, 0.717) is 24.5 Å². The first kappa shape index (κ1) is 21.0. The van der Waals surface area contributed by atoms with Crippen LogP contribution in [0.5, 0.6) is 5.75 Å². The third-order valence-corrected chi connectivity index (χ3v) is 5.51. The monoisotopic (exact) mass is 409 g/mol. The molecule has 152 valence electrons. The number of hydrogen-bond donors (Lipinski definition) is 1. The van der Waals surface area contributed by atoms with Gasteiger partial charge in [-0.15, -0.1) is 11.3 Å². The zero-order valence-electron chi connectivity index (χ0n) is 17.1. The molecule has 3 aromatic rings. The van der Waals surface area contributed by atoms with E-state index in [0.717, 1.165) is 17.1 Å². The van der Waals surface area contributed by atoms with Crippen molar-refractivity contribution in [2.24, 2.45) is 0 Å². The van der Waals surface area contributed by atoms with Crippen molar-refractivity contribution in [3.05, 3.63) is 81.8 Å². The van der Waals surface area contributed by atoms with E-state index in [4.69, 9.17) is 4.74 Å². The average molecular weight is 410 g/mol. The second-order valence-electron chi connectivity index (χ2n) is 7.19. The molecule has 0 saturated heterocycles. The molecule has 3 rings (SSSR count). The number of carbonyl (C=O) groups is 1. The van der Waals surface area contributed by atoms with E-state index in [1.165, 1.54) is 5.56 Å². The number of nitrogens with zero attached hydrogens (tertiary/aromatic N) is 2. The van der Waals surface area contributed by atoms with Crippen molar-refractivity contribution in [2.45, 2.75) is 26.0 Å². The number of ether oxygens (including phenoxy) is 1. The number of rotatable bonds is 9. The molecule has 1 N–H and O–H groups in total. The van der Waals surface area contributed by atoms with Gasteiger partial charge in [0.25, 0.3) is 5.91 Å². The summed E-state index contributed by atoms with van der Waals surface area (Å²) in [5.41, 5.74) is 2.75. The van der Waals surface area contributed by atoms with E-state index in [1.807, 2.05) is 56.7 Å². The maximum atomic E-state index is 12.7. The van der Waals surface area contributed by atoms with Crippen LogP contribution < -0.4 is 10.1 Å². The van der Waals surface area contributed by atoms with E-state index in [9.17, 15) is 4.79 Å². The van der Waals surface area contributed by atoms with Gasteiger partial charge in [-0.2, -0.15) is 0 Å². The Bertz CT molecular complexity index is 925. The number of thiazole rings is 1. The standard InChI is InChI=1S/C23H27N3O2S/c1-17-25-20(16-29-17)15-28-22-11-7-10-19(13-22)23(27)24-14-21(26(2)3)12-18-8-5-4-6-9-18/h4-11,13,16,21H,12,14-15H2,1-3H3,(H,24,27). The van der Waals surface area contributed by atoms with Gasteiger partial charge in [-0.05, 0) is 51.2 Å². The number of carbonyl (C=O) groups excluding carboxylic acids is 1. The molecule has 1 unspecified atom stereocenters. The van der Waals surface area contributed by atoms with Crippen LogP contribution >= 0.6 is 11.3 Å². The summed E-state index contributed by atoms with van der Waals surface area (Å²) in [4.78, 5) is 19.2. The molecule has 0 aliphatic heterocycles. The van der Waals surface area contributed by atoms with Gasteiger partial charge in [0.1, 0.15) is 12.4 Å². The summed E-state index contributed by atoms with van der Waals surface area (Å²) < 4.78 is 5.79. The van der Waals surface area contributed by atoms with Gasteiger partial charge >= 0.3 is 0 Å². The van der Waals surface area contributed by atoms with Gasteiger partial charge in [0.15, 0.2) is 0 Å². The van der Waals surface area contributed by atoms with Gasteiger partial charge in [-0.25, -0.2) is 4.98 Å². The predicted molar refractivity (Wildman–Crippen MR) is 118 cm³/mol. The van der Waals surface area contributed by atoms with Gasteiger partial charge in [-0.1, -0.05) is 36.4 Å². The van der Waals surface area contributed by atoms with Crippen molar-refractivity contribution in [1.29, 1.82) is 0 Å². The van der Waals surface area contributed by atoms with E-state index < -0.39 is 0 Å². The molecule has 0 aliphatic rings. The minimum absolute atomic E-state index is 0.0973. The van der Waals surface area contributed by atoms with Crippen molar-refractivity contribution >= 4 is 17.2 Å². The summed E-state index contributed by atoms with van der Waals surface area (Å²) in [6.07, 6.45) is 0.879. The van der Waals surface area contributed by atoms with Crippen LogP contribution in [0.2, 0.25) is 0 Å². The Balaban J connectivity index is 1.56. The third kappa shape index (κ3) is 6.41. The molecule has 6 heteroatoms. The zero-order valence-corrected chi connectivity index (χ0v) is 17.9. The highest BCUT2D eigenvalue weighted by molar-refractivity contribution is 7.09. The predicted octanol–water partition coefficient (Wildman–Crippen LogP) is 3.93. The number of aryl methyl sites for hydroxylation is 1. The van der Waals surface area contributed by atoms with Crippen LogP contribution in [0.3, 0.4) is 0 Å². The van der Waals surface area contributed by atoms with E-state index in [-0.39, 0.29) is 11.9 Å². The quantitative estimate of drug-likeness (QED) is 0.582. The molecule has 1 aromatic heterocycles. The lowest BCUT2D eigenvalue weighted by Crippen LogP contribution is -2.41. The molecule has 2 aromatic carbocycles. The van der Waals surface area contributed by atoms with Gasteiger partial charge in [0.2, 0.25) is 0 Å². The second-order valence-corrected chi connectivity index (χ2v) is 8.25. The molecule has 0 bridgehead atoms. The second kappa shape index (κ2) is 10.2. The molecule has 0 radical (unpaired) electrons. The lowest BCUT2D eigenvalue weighted by Gasteiger charge is -2.25. The van der Waals surface area contributed by atoms with Gasteiger partial charge in [0, 0.05) is 23.5 Å². The van der Waals surface area contributed by atoms with Crippen LogP contribution in [-0.4, -0.2) is 42.5 Å². The Labute approximate surface area is 176 Å². The summed E-state index contributed by atoms with van der Waals surface area (Å²) in [5, 5.41) is 6.06. The number of hydrogen-bond acceptors (Lipinski definition) is 5. The normalized spacial score (nSPS) is 12.0. The Morgan fingerprint density at radius 1 is 1.17 bits per heavy atom. The minimum atomic E-state index is -0.0973. The van der Waals surface area contributed by atoms with E-state index in [2.05, 4.69) is 27.3 Å². The Morgan fingerprint density at radius 3 is 2.66 bits per heavy atom. The number of likely N-dealkylation sites (N-methyl/N-ethyl adjacent to an activating group) is 1. The summed E-state index contributed by atoms with van der Waals surface area (Å²) in [7, 11) is 4.07. The lowest BCUT2D eigenvalue weighted by molar-refractivity contribution is 0.0941. The number of amides is 1. The van der Waals surface area contributed by atoms with Crippen LogP contribution in [0.25, 0.3) is 0 Å². The maximum absolute atomic E-state index is 12.7. The van der Waals surface area contributed by atoms with Crippen molar-refractivity contribution < 1.29 is 9.53 Å². The van der Waals surface area contributed by atoms with Crippen molar-refractivity contribution in [2.75, 3.05) is 20.6 Å². The number of benzene rings is 2. The van der Waals surface area contributed by atoms with Crippen LogP contribution in [0, 0.1) is 6.92 Å². The molecular weight excluding hydrogens is 382 g/mol. The number of nitrogens with one attached hydrogen (secondary N) is 1. The largest absolute Gasteiger partial charge is 0.487 e. The molecular formula is C23H27N3O2S. The highest BCUT2D eigenvalue weighted by Gasteiger charge is 2.15. The fourth-order valence-electron chi connectivity index (χ4n) is 2.99. The Morgan fingerprint density at radius 2 is 1.97 bits per heavy atom. The average Bonchev–Trinajstić information content (AvgIpc) is 3.15. The molecule has 0 saturated carbocycles. The van der Waals surface area contributed by atoms with Crippen LogP contribution in [0.1, 0.15) is 26.6 Å². The van der Waals surface area contributed by atoms with Crippen molar-refractivity contribution in [3.63, 3.8) is 0 Å². The fraction of sp³-hybridized carbons (Fsp3) is 0.304. The first-order valence-electron chi connectivity index (χ1n) is 9.63. The summed E-state index contributed by atoms with van der Waals surface area (Å²) >= 11 is 1.60. The summed E-state index contributed by atoms with van der Waals surface area (Å²) in [6.45, 7) is 2.94. The van der Waals surface area contributed by atoms with Crippen LogP contribution in [-0.2, 0) is 13.0 Å². The van der Waals surface area contributed by atoms with Crippen LogP contribution in [0.15, 0.2) is 60.0 Å². The van der Waals surface area contributed by atoms with Gasteiger partial charge in [0.05, 0.1) is 10.7 Å². The topological polar surface area (TPSA) is 54.5 Å². The molecule has 1 amide bonds. The molecule has 0 aliphatic carbocycles. The highest BCUT2D eigenvalue weighted by atomic mass is 32.1. The Hall–Kier alpha value is -2.70. The highest BCUT2D eigenvalue weighted by Crippen LogP contribution is 2.16. The van der Waals surface area contributed by atoms with Gasteiger partial charge < -0.3 is 15.0 Å². The van der Waals surface area contributed by atoms with E-state index >= 15 is 0 Å². The fourth-order valence-corrected chi connectivity index (χ4v) is 3.59. The zero-order chi connectivity index (χ0) is 20.6. The van der Waals surface area contributed by atoms with Crippen molar-refractivity contribution in [1.82, 2.24) is 15.2 Å². The maximum Gasteiger partial charge on any atom is 0.251 e. The number of aromatic nitrogens is 1. The molecule has 1 heterocycles. The lowest BCUT2D eigenvalue weighted by atomic mass is 10.0. The van der Waals surface area contributed by atoms with Gasteiger partial charge in [-0.3, -0.25) is 4.79 Å². The van der Waals surface area contributed by atoms with E-state index in [1.54, 1.807) is 23.5 Å². The SMILES string of the molecule is Cc1nc(COc2cccc(C(=O)NCC(Cc3ccccc3)N(C)C)c2)cs1. The summed E-state index contributed by atoms with van der Waals surface area (Å²) in [5.74, 6) is 0.566. The Kier molecular flexibility index (Phi) is 7.38. The first-order chi connectivity index (χ1) is 14.0. The van der Waals surface area contributed by atoms with Crippen LogP contribution in [0.4, 0.5) is 0 Å². The molecule has 1 atom stereocenters. The summed E-state index contributed by atoms with van der Waals surface area (Å²) in [6, 6.07) is 17.8. The first-order valence-corrected chi connectivity index (χ1v) is 10.5. The van der Waals surface area contributed by atoms with Crippen molar-refractivity contribution in [3.8, 4) is 5.75 Å². The molecule has 0 fully saturated rings.